The van der Waals surface area contributed by atoms with Crippen molar-refractivity contribution in [2.45, 2.75) is 13.1 Å². The third kappa shape index (κ3) is 4.40. The van der Waals surface area contributed by atoms with E-state index in [-0.39, 0.29) is 33.4 Å². The molecule has 1 aromatic heterocycles. The van der Waals surface area contributed by atoms with Gasteiger partial charge >= 0.3 is 6.18 Å². The highest BCUT2D eigenvalue weighted by molar-refractivity contribution is 8.19. The zero-order valence-corrected chi connectivity index (χ0v) is 17.6. The lowest BCUT2D eigenvalue weighted by molar-refractivity contribution is -0.384. The number of nitrogens with zero attached hydrogens (tertiary/aromatic N) is 2. The second kappa shape index (κ2) is 8.24. The highest BCUT2D eigenvalue weighted by Gasteiger charge is 2.38. The van der Waals surface area contributed by atoms with Crippen molar-refractivity contribution in [2.24, 2.45) is 0 Å². The summed E-state index contributed by atoms with van der Waals surface area (Å²) in [4.78, 5) is 36.5. The Morgan fingerprint density at radius 3 is 2.55 bits per heavy atom. The van der Waals surface area contributed by atoms with Crippen molar-refractivity contribution in [1.29, 1.82) is 0 Å². The molecule has 1 saturated heterocycles. The molecule has 7 nitrogen and oxygen atoms in total. The summed E-state index contributed by atoms with van der Waals surface area (Å²) in [6.45, 7) is 1.71. The summed E-state index contributed by atoms with van der Waals surface area (Å²) >= 11 is 0.549. The van der Waals surface area contributed by atoms with E-state index in [2.05, 4.69) is 0 Å². The Morgan fingerprint density at radius 1 is 1.09 bits per heavy atom. The minimum absolute atomic E-state index is 0.0586. The Balaban J connectivity index is 1.64. The number of thioether (sulfide) groups is 1. The standard InChI is InChI=1S/C22H13F3N2O5S/c1-12-5-7-16(17(9-12)27(30)31)18-8-6-15(32-18)11-19-20(28)26(21(29)33-19)14-4-2-3-13(10-14)22(23,24)25/h2-11H,1H3/b19-11+. The maximum absolute atomic E-state index is 13.0. The van der Waals surface area contributed by atoms with Crippen LogP contribution in [-0.4, -0.2) is 16.1 Å². The van der Waals surface area contributed by atoms with Crippen LogP contribution >= 0.6 is 11.8 Å². The average Bonchev–Trinajstić information content (AvgIpc) is 3.31. The largest absolute Gasteiger partial charge is 0.456 e. The number of amides is 2. The molecule has 3 aromatic rings. The van der Waals surface area contributed by atoms with Gasteiger partial charge in [-0.25, -0.2) is 4.90 Å². The maximum atomic E-state index is 13.0. The molecule has 0 atom stereocenters. The molecule has 1 aliphatic rings. The smallest absolute Gasteiger partial charge is 0.416 e. The van der Waals surface area contributed by atoms with Crippen molar-refractivity contribution in [2.75, 3.05) is 4.90 Å². The second-order valence-electron chi connectivity index (χ2n) is 7.04. The zero-order chi connectivity index (χ0) is 23.9. The van der Waals surface area contributed by atoms with E-state index in [1.54, 1.807) is 13.0 Å². The number of benzene rings is 2. The first-order chi connectivity index (χ1) is 15.5. The molecule has 1 fully saturated rings. The molecular weight excluding hydrogens is 461 g/mol. The van der Waals surface area contributed by atoms with Gasteiger partial charge in [-0.05, 0) is 60.6 Å². The van der Waals surface area contributed by atoms with Crippen LogP contribution in [-0.2, 0) is 11.0 Å². The highest BCUT2D eigenvalue weighted by atomic mass is 32.2. The first kappa shape index (κ1) is 22.3. The minimum Gasteiger partial charge on any atom is -0.456 e. The van der Waals surface area contributed by atoms with Crippen molar-refractivity contribution in [3.05, 3.63) is 86.5 Å². The molecule has 0 saturated carbocycles. The first-order valence-electron chi connectivity index (χ1n) is 9.35. The number of anilines is 1. The molecule has 2 amide bonds. The number of rotatable bonds is 4. The van der Waals surface area contributed by atoms with Crippen molar-refractivity contribution < 1.29 is 32.1 Å². The van der Waals surface area contributed by atoms with Gasteiger partial charge in [0.25, 0.3) is 16.8 Å². The van der Waals surface area contributed by atoms with Crippen LogP contribution < -0.4 is 4.90 Å². The molecule has 33 heavy (non-hydrogen) atoms. The zero-order valence-electron chi connectivity index (χ0n) is 16.8. The number of aryl methyl sites for hydroxylation is 1. The second-order valence-corrected chi connectivity index (χ2v) is 8.04. The number of nitro groups is 1. The Morgan fingerprint density at radius 2 is 1.85 bits per heavy atom. The topological polar surface area (TPSA) is 93.7 Å². The normalized spacial score (nSPS) is 15.5. The van der Waals surface area contributed by atoms with Crippen LogP contribution in [0, 0.1) is 17.0 Å². The molecule has 0 aliphatic carbocycles. The molecule has 2 aromatic carbocycles. The Labute approximate surface area is 188 Å². The summed E-state index contributed by atoms with van der Waals surface area (Å²) < 4.78 is 44.6. The van der Waals surface area contributed by atoms with Gasteiger partial charge in [0.2, 0.25) is 0 Å². The summed E-state index contributed by atoms with van der Waals surface area (Å²) in [6.07, 6.45) is -3.36. The van der Waals surface area contributed by atoms with E-state index in [9.17, 15) is 32.9 Å². The lowest BCUT2D eigenvalue weighted by atomic mass is 10.1. The predicted molar refractivity (Wildman–Crippen MR) is 115 cm³/mol. The molecule has 1 aliphatic heterocycles. The summed E-state index contributed by atoms with van der Waals surface area (Å²) in [5.74, 6) is -0.469. The number of carbonyl (C=O) groups is 2. The summed E-state index contributed by atoms with van der Waals surface area (Å²) in [6, 6.07) is 11.5. The molecule has 0 bridgehead atoms. The van der Waals surface area contributed by atoms with E-state index >= 15 is 0 Å². The van der Waals surface area contributed by atoms with E-state index < -0.39 is 27.8 Å². The lowest BCUT2D eigenvalue weighted by Crippen LogP contribution is -2.27. The number of furan rings is 1. The molecule has 0 radical (unpaired) electrons. The number of hydrogen-bond acceptors (Lipinski definition) is 6. The summed E-state index contributed by atoms with van der Waals surface area (Å²) in [5.41, 5.74) is -0.409. The molecule has 168 valence electrons. The molecule has 2 heterocycles. The highest BCUT2D eigenvalue weighted by Crippen LogP contribution is 2.39. The van der Waals surface area contributed by atoms with Crippen LogP contribution in [0.2, 0.25) is 0 Å². The fraction of sp³-hybridized carbons (Fsp3) is 0.0909. The fourth-order valence-electron chi connectivity index (χ4n) is 3.22. The van der Waals surface area contributed by atoms with E-state index in [1.807, 2.05) is 0 Å². The molecule has 0 unspecified atom stereocenters. The van der Waals surface area contributed by atoms with Gasteiger partial charge in [0.15, 0.2) is 0 Å². The van der Waals surface area contributed by atoms with Gasteiger partial charge in [0.05, 0.1) is 26.6 Å². The van der Waals surface area contributed by atoms with Gasteiger partial charge in [0, 0.05) is 12.1 Å². The van der Waals surface area contributed by atoms with Crippen molar-refractivity contribution in [3.63, 3.8) is 0 Å². The van der Waals surface area contributed by atoms with Crippen molar-refractivity contribution in [1.82, 2.24) is 0 Å². The number of imide groups is 1. The maximum Gasteiger partial charge on any atom is 0.416 e. The van der Waals surface area contributed by atoms with Gasteiger partial charge in [-0.3, -0.25) is 19.7 Å². The number of carbonyl (C=O) groups excluding carboxylic acids is 2. The van der Waals surface area contributed by atoms with Gasteiger partial charge in [-0.15, -0.1) is 0 Å². The van der Waals surface area contributed by atoms with Crippen LogP contribution in [0.15, 0.2) is 63.9 Å². The predicted octanol–water partition coefficient (Wildman–Crippen LogP) is 6.42. The third-order valence-corrected chi connectivity index (χ3v) is 5.61. The molecular formula is C22H13F3N2O5S. The van der Waals surface area contributed by atoms with Gasteiger partial charge in [-0.1, -0.05) is 12.1 Å². The number of halogens is 3. The summed E-state index contributed by atoms with van der Waals surface area (Å²) in [5, 5.41) is 10.6. The van der Waals surface area contributed by atoms with E-state index in [0.29, 0.717) is 22.2 Å². The quantitative estimate of drug-likeness (QED) is 0.246. The van der Waals surface area contributed by atoms with Crippen LogP contribution in [0.4, 0.5) is 29.3 Å². The third-order valence-electron chi connectivity index (χ3n) is 4.74. The Kier molecular flexibility index (Phi) is 5.58. The molecule has 11 heteroatoms. The van der Waals surface area contributed by atoms with Crippen LogP contribution in [0.5, 0.6) is 0 Å². The Bertz CT molecular complexity index is 1330. The minimum atomic E-state index is -4.63. The lowest BCUT2D eigenvalue weighted by Gasteiger charge is -2.14. The molecule has 0 N–H and O–H groups in total. The average molecular weight is 474 g/mol. The van der Waals surface area contributed by atoms with Crippen LogP contribution in [0.3, 0.4) is 0 Å². The number of alkyl halides is 3. The van der Waals surface area contributed by atoms with Crippen LogP contribution in [0.1, 0.15) is 16.9 Å². The van der Waals surface area contributed by atoms with Gasteiger partial charge in [0.1, 0.15) is 11.5 Å². The number of hydrogen-bond donors (Lipinski definition) is 0. The first-order valence-corrected chi connectivity index (χ1v) is 10.2. The van der Waals surface area contributed by atoms with Crippen LogP contribution in [0.25, 0.3) is 17.4 Å². The Hall–Kier alpha value is -3.86. The fourth-order valence-corrected chi connectivity index (χ4v) is 4.04. The molecule has 4 rings (SSSR count). The van der Waals surface area contributed by atoms with E-state index in [4.69, 9.17) is 4.42 Å². The monoisotopic (exact) mass is 474 g/mol. The number of nitro benzene ring substituents is 1. The molecule has 0 spiro atoms. The SMILES string of the molecule is Cc1ccc(-c2ccc(/C=C3/SC(=O)N(c4cccc(C(F)(F)F)c4)C3=O)o2)c([N+](=O)[O-])c1. The van der Waals surface area contributed by atoms with E-state index in [0.717, 1.165) is 18.2 Å². The van der Waals surface area contributed by atoms with E-state index in [1.165, 1.54) is 36.4 Å². The van der Waals surface area contributed by atoms with Gasteiger partial charge < -0.3 is 4.42 Å². The van der Waals surface area contributed by atoms with Gasteiger partial charge in [-0.2, -0.15) is 13.2 Å². The van der Waals surface area contributed by atoms with Crippen molar-refractivity contribution in [3.8, 4) is 11.3 Å². The summed E-state index contributed by atoms with van der Waals surface area (Å²) in [7, 11) is 0. The van der Waals surface area contributed by atoms with Crippen molar-refractivity contribution >= 4 is 40.4 Å².